The third kappa shape index (κ3) is 3.45. The Bertz CT molecular complexity index is 661. The van der Waals surface area contributed by atoms with Crippen molar-refractivity contribution in [2.24, 2.45) is 5.92 Å². The average molecular weight is 295 g/mol. The summed E-state index contributed by atoms with van der Waals surface area (Å²) in [7, 11) is 0. The van der Waals surface area contributed by atoms with E-state index in [0.29, 0.717) is 12.3 Å². The molecule has 0 aliphatic heterocycles. The first-order valence-electron chi connectivity index (χ1n) is 7.76. The molecule has 2 atom stereocenters. The van der Waals surface area contributed by atoms with E-state index >= 15 is 0 Å². The first-order chi connectivity index (χ1) is 10.7. The van der Waals surface area contributed by atoms with Crippen molar-refractivity contribution in [1.82, 2.24) is 14.9 Å². The maximum Gasteiger partial charge on any atom is 0.221 e. The Morgan fingerprint density at radius 3 is 3.14 bits per heavy atom. The van der Waals surface area contributed by atoms with E-state index in [0.717, 1.165) is 24.1 Å². The summed E-state index contributed by atoms with van der Waals surface area (Å²) in [6, 6.07) is 8.17. The molecule has 4 nitrogen and oxygen atoms in total. The zero-order chi connectivity index (χ0) is 15.4. The monoisotopic (exact) mass is 295 g/mol. The van der Waals surface area contributed by atoms with Crippen LogP contribution in [0.1, 0.15) is 37.8 Å². The molecule has 1 amide bonds. The predicted molar refractivity (Wildman–Crippen MR) is 86.6 cm³/mol. The molecule has 1 aliphatic rings. The topological polar surface area (TPSA) is 46.9 Å². The molecular weight excluding hydrogens is 274 g/mol. The van der Waals surface area contributed by atoms with E-state index in [1.165, 1.54) is 0 Å². The van der Waals surface area contributed by atoms with E-state index in [1.54, 1.807) is 12.5 Å². The number of nitrogens with one attached hydrogen (secondary N) is 1. The van der Waals surface area contributed by atoms with Crippen LogP contribution in [0.4, 0.5) is 0 Å². The Morgan fingerprint density at radius 1 is 1.50 bits per heavy atom. The minimum Gasteiger partial charge on any atom is -0.350 e. The van der Waals surface area contributed by atoms with Gasteiger partial charge in [-0.05, 0) is 43.4 Å². The maximum absolute atomic E-state index is 12.1. The lowest BCUT2D eigenvalue weighted by atomic mass is 10.0. The van der Waals surface area contributed by atoms with E-state index in [9.17, 15) is 4.79 Å². The van der Waals surface area contributed by atoms with Crippen molar-refractivity contribution < 1.29 is 4.79 Å². The van der Waals surface area contributed by atoms with Gasteiger partial charge in [0.2, 0.25) is 5.91 Å². The molecular formula is C18H21N3O. The summed E-state index contributed by atoms with van der Waals surface area (Å²) in [4.78, 5) is 16.2. The van der Waals surface area contributed by atoms with Gasteiger partial charge in [-0.1, -0.05) is 24.3 Å². The number of carbonyl (C=O) groups is 1. The molecule has 0 spiro atoms. The third-order valence-corrected chi connectivity index (χ3v) is 4.11. The van der Waals surface area contributed by atoms with Crippen LogP contribution in [0, 0.1) is 5.92 Å². The van der Waals surface area contributed by atoms with Gasteiger partial charge in [0.05, 0.1) is 12.4 Å². The SMILES string of the molecule is C[C@@H](NC(=O)C[C@H]1C=CCC1)c1cccc(-n2ccnc2)c1. The normalized spacial score (nSPS) is 18.3. The molecule has 1 N–H and O–H groups in total. The van der Waals surface area contributed by atoms with Gasteiger partial charge in [-0.25, -0.2) is 4.98 Å². The highest BCUT2D eigenvalue weighted by Crippen LogP contribution is 2.21. The number of imidazole rings is 1. The number of aromatic nitrogens is 2. The molecule has 0 fully saturated rings. The van der Waals surface area contributed by atoms with Crippen molar-refractivity contribution >= 4 is 5.91 Å². The molecule has 0 radical (unpaired) electrons. The summed E-state index contributed by atoms with van der Waals surface area (Å²) >= 11 is 0. The van der Waals surface area contributed by atoms with Crippen LogP contribution in [-0.2, 0) is 4.79 Å². The predicted octanol–water partition coefficient (Wildman–Crippen LogP) is 3.41. The Hall–Kier alpha value is -2.36. The Kier molecular flexibility index (Phi) is 4.37. The van der Waals surface area contributed by atoms with Gasteiger partial charge in [0.15, 0.2) is 0 Å². The van der Waals surface area contributed by atoms with Crippen molar-refractivity contribution in [2.45, 2.75) is 32.2 Å². The molecule has 0 bridgehead atoms. The lowest BCUT2D eigenvalue weighted by Gasteiger charge is -2.17. The molecule has 1 aromatic heterocycles. The van der Waals surface area contributed by atoms with Crippen LogP contribution in [0.5, 0.6) is 0 Å². The molecule has 22 heavy (non-hydrogen) atoms. The summed E-state index contributed by atoms with van der Waals surface area (Å²) in [6.07, 6.45) is 12.5. The van der Waals surface area contributed by atoms with Gasteiger partial charge in [-0.15, -0.1) is 0 Å². The molecule has 1 heterocycles. The highest BCUT2D eigenvalue weighted by atomic mass is 16.1. The number of allylic oxidation sites excluding steroid dienone is 2. The van der Waals surface area contributed by atoms with Crippen LogP contribution in [0.15, 0.2) is 55.1 Å². The van der Waals surface area contributed by atoms with E-state index in [2.05, 4.69) is 28.5 Å². The molecule has 0 saturated heterocycles. The van der Waals surface area contributed by atoms with Gasteiger partial charge in [-0.3, -0.25) is 4.79 Å². The van der Waals surface area contributed by atoms with E-state index in [4.69, 9.17) is 0 Å². The minimum atomic E-state index is 0.00125. The number of benzene rings is 1. The molecule has 1 aromatic carbocycles. The van der Waals surface area contributed by atoms with E-state index < -0.39 is 0 Å². The minimum absolute atomic E-state index is 0.00125. The second-order valence-electron chi connectivity index (χ2n) is 5.82. The number of amides is 1. The first-order valence-corrected chi connectivity index (χ1v) is 7.76. The van der Waals surface area contributed by atoms with Gasteiger partial charge in [-0.2, -0.15) is 0 Å². The average Bonchev–Trinajstić information content (AvgIpc) is 3.20. The standard InChI is InChI=1S/C18H21N3O/c1-14(20-18(22)11-15-5-2-3-6-15)16-7-4-8-17(12-16)21-10-9-19-13-21/h2,4-5,7-10,12-15H,3,6,11H2,1H3,(H,20,22)/t14-,15+/m1/s1. The summed E-state index contributed by atoms with van der Waals surface area (Å²) < 4.78 is 1.96. The molecule has 0 saturated carbocycles. The van der Waals surface area contributed by atoms with Crippen molar-refractivity contribution in [3.8, 4) is 5.69 Å². The van der Waals surface area contributed by atoms with E-state index in [-0.39, 0.29) is 11.9 Å². The van der Waals surface area contributed by atoms with E-state index in [1.807, 2.05) is 35.9 Å². The number of hydrogen-bond acceptors (Lipinski definition) is 2. The van der Waals surface area contributed by atoms with Crippen molar-refractivity contribution in [3.63, 3.8) is 0 Å². The summed E-state index contributed by atoms with van der Waals surface area (Å²) in [5.74, 6) is 0.529. The fraction of sp³-hybridized carbons (Fsp3) is 0.333. The largest absolute Gasteiger partial charge is 0.350 e. The fourth-order valence-corrected chi connectivity index (χ4v) is 2.85. The number of rotatable bonds is 5. The van der Waals surface area contributed by atoms with Gasteiger partial charge >= 0.3 is 0 Å². The zero-order valence-electron chi connectivity index (χ0n) is 12.8. The number of nitrogens with zero attached hydrogens (tertiary/aromatic N) is 2. The number of hydrogen-bond donors (Lipinski definition) is 1. The van der Waals surface area contributed by atoms with Gasteiger partial charge < -0.3 is 9.88 Å². The molecule has 1 aliphatic carbocycles. The summed E-state index contributed by atoms with van der Waals surface area (Å²) in [5.41, 5.74) is 2.15. The van der Waals surface area contributed by atoms with Crippen LogP contribution in [0.25, 0.3) is 5.69 Å². The van der Waals surface area contributed by atoms with Crippen LogP contribution in [0.2, 0.25) is 0 Å². The Morgan fingerprint density at radius 2 is 2.41 bits per heavy atom. The highest BCUT2D eigenvalue weighted by Gasteiger charge is 2.16. The second-order valence-corrected chi connectivity index (χ2v) is 5.82. The Balaban J connectivity index is 1.64. The molecule has 2 aromatic rings. The molecule has 114 valence electrons. The quantitative estimate of drug-likeness (QED) is 0.859. The molecule has 4 heteroatoms. The number of carbonyl (C=O) groups excluding carboxylic acids is 1. The van der Waals surface area contributed by atoms with Gasteiger partial charge in [0, 0.05) is 24.5 Å². The second kappa shape index (κ2) is 6.60. The summed E-state index contributed by atoms with van der Waals surface area (Å²) in [5, 5.41) is 3.10. The lowest BCUT2D eigenvalue weighted by Crippen LogP contribution is -2.27. The van der Waals surface area contributed by atoms with Gasteiger partial charge in [0.1, 0.15) is 0 Å². The smallest absolute Gasteiger partial charge is 0.221 e. The first kappa shape index (κ1) is 14.6. The van der Waals surface area contributed by atoms with Crippen LogP contribution in [0.3, 0.4) is 0 Å². The van der Waals surface area contributed by atoms with Crippen LogP contribution >= 0.6 is 0 Å². The third-order valence-electron chi connectivity index (χ3n) is 4.11. The van der Waals surface area contributed by atoms with Crippen LogP contribution in [-0.4, -0.2) is 15.5 Å². The summed E-state index contributed by atoms with van der Waals surface area (Å²) in [6.45, 7) is 2.02. The van der Waals surface area contributed by atoms with Crippen molar-refractivity contribution in [3.05, 3.63) is 60.7 Å². The van der Waals surface area contributed by atoms with Gasteiger partial charge in [0.25, 0.3) is 0 Å². The lowest BCUT2D eigenvalue weighted by molar-refractivity contribution is -0.122. The molecule has 3 rings (SSSR count). The Labute approximate surface area is 130 Å². The highest BCUT2D eigenvalue weighted by molar-refractivity contribution is 5.77. The van der Waals surface area contributed by atoms with Crippen molar-refractivity contribution in [2.75, 3.05) is 0 Å². The maximum atomic E-state index is 12.1. The van der Waals surface area contributed by atoms with Crippen LogP contribution < -0.4 is 5.32 Å². The fourth-order valence-electron chi connectivity index (χ4n) is 2.85. The zero-order valence-corrected chi connectivity index (χ0v) is 12.8. The molecule has 0 unspecified atom stereocenters. The van der Waals surface area contributed by atoms with Crippen molar-refractivity contribution in [1.29, 1.82) is 0 Å².